The van der Waals surface area contributed by atoms with E-state index in [1.807, 2.05) is 12.2 Å². The lowest BCUT2D eigenvalue weighted by Gasteiger charge is -2.21. The third-order valence-corrected chi connectivity index (χ3v) is 17.4. The van der Waals surface area contributed by atoms with E-state index in [9.17, 15) is 43.2 Å². The molecule has 580 valence electrons. The van der Waals surface area contributed by atoms with E-state index in [0.29, 0.717) is 32.1 Å². The lowest BCUT2D eigenvalue weighted by atomic mass is 10.1. The van der Waals surface area contributed by atoms with Crippen molar-refractivity contribution in [2.24, 2.45) is 0 Å². The molecule has 0 saturated carbocycles. The summed E-state index contributed by atoms with van der Waals surface area (Å²) >= 11 is 0. The Balaban J connectivity index is 5.44. The highest BCUT2D eigenvalue weighted by Crippen LogP contribution is 2.45. The van der Waals surface area contributed by atoms with Crippen LogP contribution in [0.1, 0.15) is 285 Å². The molecule has 0 spiro atoms. The van der Waals surface area contributed by atoms with E-state index < -0.39 is 97.5 Å². The highest BCUT2D eigenvalue weighted by atomic mass is 31.2. The van der Waals surface area contributed by atoms with Gasteiger partial charge in [-0.3, -0.25) is 37.3 Å². The standard InChI is InChI=1S/C83H136O17P2/c1-5-9-13-17-21-25-29-32-35-37-38-40-42-45-49-52-56-60-64-68-81(86)94-74-79(100-83(88)70-66-62-58-54-50-46-43-39-36-33-30-26-22-18-14-10-6-2)76-98-102(91,92)96-72-77(84)71-95-101(89,90)97-75-78(99-82(87)69-65-61-57-53-47-28-24-20-16-12-8-4)73-93-80(85)67-63-59-55-51-48-44-41-34-31-27-23-19-15-11-7-3/h10-11,14-15,20-27,32-36,38,40-41,43,46,48,51,54,58,77-79,84H,5-9,12-13,16-19,28-31,37,39,42,44-45,47,49-50,52-53,55-57,59-76H2,1-4H3,(H,89,90)(H,91,92)/b14-10-,15-11-,24-20-,25-21-,26-22-,27-23-,35-32-,36-33-,40-38-,41-34-,46-43-,51-48-,58-54-. The van der Waals surface area contributed by atoms with Gasteiger partial charge in [-0.2, -0.15) is 0 Å². The molecule has 0 bridgehead atoms. The van der Waals surface area contributed by atoms with Crippen molar-refractivity contribution in [1.29, 1.82) is 0 Å². The van der Waals surface area contributed by atoms with Gasteiger partial charge in [0.05, 0.1) is 26.4 Å². The first kappa shape index (κ1) is 96.7. The third kappa shape index (κ3) is 73.0. The molecule has 5 atom stereocenters. The van der Waals surface area contributed by atoms with Crippen LogP contribution in [-0.2, 0) is 65.4 Å². The molecule has 19 heteroatoms. The van der Waals surface area contributed by atoms with Crippen molar-refractivity contribution in [3.63, 3.8) is 0 Å². The Morgan fingerprint density at radius 1 is 0.284 bits per heavy atom. The zero-order valence-corrected chi connectivity index (χ0v) is 65.0. The number of carbonyl (C=O) groups is 4. The van der Waals surface area contributed by atoms with Gasteiger partial charge < -0.3 is 33.8 Å². The summed E-state index contributed by atoms with van der Waals surface area (Å²) in [6.45, 7) is 4.42. The monoisotopic (exact) mass is 1470 g/mol. The number of aliphatic hydroxyl groups is 1. The number of carbonyl (C=O) groups excluding carboxylic acids is 4. The minimum atomic E-state index is -5.00. The number of rotatable bonds is 71. The van der Waals surface area contributed by atoms with E-state index >= 15 is 0 Å². The number of esters is 4. The molecule has 0 aromatic carbocycles. The van der Waals surface area contributed by atoms with Gasteiger partial charge in [-0.05, 0) is 161 Å². The molecular formula is C83H136O17P2. The Labute approximate surface area is 617 Å². The number of aliphatic hydroxyl groups excluding tert-OH is 1. The average molecular weight is 1470 g/mol. The maximum absolute atomic E-state index is 13.1. The second-order valence-corrected chi connectivity index (χ2v) is 28.1. The molecule has 0 aromatic rings. The highest BCUT2D eigenvalue weighted by molar-refractivity contribution is 7.47. The summed E-state index contributed by atoms with van der Waals surface area (Å²) in [6.07, 6.45) is 85.3. The van der Waals surface area contributed by atoms with Crippen LogP contribution in [0.4, 0.5) is 0 Å². The second kappa shape index (κ2) is 74.0. The molecule has 5 unspecified atom stereocenters. The molecule has 0 aliphatic carbocycles. The number of hydrogen-bond donors (Lipinski definition) is 3. The van der Waals surface area contributed by atoms with E-state index in [1.54, 1.807) is 0 Å². The number of hydrogen-bond acceptors (Lipinski definition) is 15. The molecule has 17 nitrogen and oxygen atoms in total. The molecule has 0 saturated heterocycles. The van der Waals surface area contributed by atoms with E-state index in [2.05, 4.69) is 174 Å². The molecule has 102 heavy (non-hydrogen) atoms. The fourth-order valence-corrected chi connectivity index (χ4v) is 11.2. The van der Waals surface area contributed by atoms with E-state index in [0.717, 1.165) is 167 Å². The zero-order valence-electron chi connectivity index (χ0n) is 63.2. The topological polar surface area (TPSA) is 237 Å². The van der Waals surface area contributed by atoms with Gasteiger partial charge in [0.1, 0.15) is 19.3 Å². The summed E-state index contributed by atoms with van der Waals surface area (Å²) < 4.78 is 68.4. The van der Waals surface area contributed by atoms with Gasteiger partial charge in [0.15, 0.2) is 12.2 Å². The van der Waals surface area contributed by atoms with Crippen LogP contribution in [0.25, 0.3) is 0 Å². The van der Waals surface area contributed by atoms with Crippen molar-refractivity contribution in [2.75, 3.05) is 39.6 Å². The van der Waals surface area contributed by atoms with Crippen LogP contribution in [0.15, 0.2) is 158 Å². The van der Waals surface area contributed by atoms with Crippen molar-refractivity contribution < 1.29 is 80.2 Å². The Morgan fingerprint density at radius 3 is 0.882 bits per heavy atom. The lowest BCUT2D eigenvalue weighted by molar-refractivity contribution is -0.161. The van der Waals surface area contributed by atoms with Crippen LogP contribution < -0.4 is 0 Å². The average Bonchev–Trinajstić information content (AvgIpc) is 0.927. The molecule has 0 aromatic heterocycles. The van der Waals surface area contributed by atoms with Gasteiger partial charge in [0, 0.05) is 25.7 Å². The maximum atomic E-state index is 13.1. The summed E-state index contributed by atoms with van der Waals surface area (Å²) in [7, 11) is -10.00. The summed E-state index contributed by atoms with van der Waals surface area (Å²) in [5.74, 6) is -2.33. The molecular weight excluding hydrogens is 1330 g/mol. The van der Waals surface area contributed by atoms with Crippen molar-refractivity contribution in [3.8, 4) is 0 Å². The molecule has 0 amide bonds. The quantitative estimate of drug-likeness (QED) is 0.0169. The van der Waals surface area contributed by atoms with Gasteiger partial charge in [-0.1, -0.05) is 256 Å². The van der Waals surface area contributed by atoms with Crippen LogP contribution in [0.5, 0.6) is 0 Å². The fourth-order valence-electron chi connectivity index (χ4n) is 9.59. The molecule has 0 radical (unpaired) electrons. The highest BCUT2D eigenvalue weighted by Gasteiger charge is 2.30. The Kier molecular flexibility index (Phi) is 70.1. The minimum absolute atomic E-state index is 0.00751. The van der Waals surface area contributed by atoms with Gasteiger partial charge in [0.2, 0.25) is 0 Å². The number of phosphoric ester groups is 2. The van der Waals surface area contributed by atoms with Crippen molar-refractivity contribution >= 4 is 39.5 Å². The maximum Gasteiger partial charge on any atom is 0.472 e. The first-order chi connectivity index (χ1) is 49.7. The molecule has 0 fully saturated rings. The Bertz CT molecular complexity index is 2550. The van der Waals surface area contributed by atoms with Crippen molar-refractivity contribution in [3.05, 3.63) is 158 Å². The summed E-state index contributed by atoms with van der Waals surface area (Å²) in [5, 5.41) is 10.6. The van der Waals surface area contributed by atoms with Crippen LogP contribution in [0.3, 0.4) is 0 Å². The normalized spacial score (nSPS) is 14.8. The van der Waals surface area contributed by atoms with Gasteiger partial charge in [-0.15, -0.1) is 0 Å². The van der Waals surface area contributed by atoms with Crippen LogP contribution in [0.2, 0.25) is 0 Å². The van der Waals surface area contributed by atoms with E-state index in [4.69, 9.17) is 37.0 Å². The Morgan fingerprint density at radius 2 is 0.529 bits per heavy atom. The SMILES string of the molecule is CC/C=C\C/C=C\C/C=C\C/C=C\C/C=C\CCCC(=O)OC(COC(=O)CCCCCCCC/C=C\C/C=C\C/C=C\CCCCC)COP(=O)(O)OCC(O)COP(=O)(O)OCC(COC(=O)CCCC/C=C\C/C=C\C/C=C\C/C=C\CC)OC(=O)CCCCCCC/C=C\CCCC. The fraction of sp³-hybridized carbons (Fsp3) is 0.639. The van der Waals surface area contributed by atoms with Crippen LogP contribution >= 0.6 is 15.6 Å². The number of allylic oxidation sites excluding steroid dienone is 26. The van der Waals surface area contributed by atoms with Crippen molar-refractivity contribution in [1.82, 2.24) is 0 Å². The smallest absolute Gasteiger partial charge is 0.462 e. The third-order valence-electron chi connectivity index (χ3n) is 15.5. The van der Waals surface area contributed by atoms with Crippen molar-refractivity contribution in [2.45, 2.75) is 303 Å². The predicted octanol–water partition coefficient (Wildman–Crippen LogP) is 22.4. The summed E-state index contributed by atoms with van der Waals surface area (Å²) in [4.78, 5) is 72.9. The second-order valence-electron chi connectivity index (χ2n) is 25.2. The van der Waals surface area contributed by atoms with Gasteiger partial charge in [-0.25, -0.2) is 9.13 Å². The molecule has 0 aliphatic rings. The van der Waals surface area contributed by atoms with E-state index in [-0.39, 0.29) is 25.7 Å². The van der Waals surface area contributed by atoms with Gasteiger partial charge >= 0.3 is 39.5 Å². The van der Waals surface area contributed by atoms with Gasteiger partial charge in [0.25, 0.3) is 0 Å². The molecule has 0 aliphatic heterocycles. The number of ether oxygens (including phenoxy) is 4. The largest absolute Gasteiger partial charge is 0.472 e. The summed E-state index contributed by atoms with van der Waals surface area (Å²) in [6, 6.07) is 0. The van der Waals surface area contributed by atoms with E-state index in [1.165, 1.54) is 32.1 Å². The zero-order chi connectivity index (χ0) is 74.6. The Hall–Kier alpha value is -5.32. The van der Waals surface area contributed by atoms with Crippen LogP contribution in [-0.4, -0.2) is 96.7 Å². The van der Waals surface area contributed by atoms with Crippen LogP contribution in [0, 0.1) is 0 Å². The first-order valence-corrected chi connectivity index (χ1v) is 41.7. The number of unbranched alkanes of at least 4 members (excludes halogenated alkanes) is 19. The summed E-state index contributed by atoms with van der Waals surface area (Å²) in [5.41, 5.74) is 0. The molecule has 0 heterocycles. The minimum Gasteiger partial charge on any atom is -0.462 e. The predicted molar refractivity (Wildman–Crippen MR) is 417 cm³/mol. The molecule has 3 N–H and O–H groups in total. The molecule has 0 rings (SSSR count). The first-order valence-electron chi connectivity index (χ1n) is 38.7. The lowest BCUT2D eigenvalue weighted by Crippen LogP contribution is -2.30. The number of phosphoric acid groups is 2.